The minimum atomic E-state index is 0.0819. The fourth-order valence-corrected chi connectivity index (χ4v) is 2.04. The number of carbonyl (C=O) groups is 1. The van der Waals surface area contributed by atoms with Crippen molar-refractivity contribution in [3.05, 3.63) is 23.8 Å². The van der Waals surface area contributed by atoms with Gasteiger partial charge in [-0.25, -0.2) is 0 Å². The molecule has 0 bridgehead atoms. The first kappa shape index (κ1) is 11.0. The number of amides is 1. The van der Waals surface area contributed by atoms with Gasteiger partial charge >= 0.3 is 0 Å². The van der Waals surface area contributed by atoms with Gasteiger partial charge in [0.1, 0.15) is 0 Å². The van der Waals surface area contributed by atoms with E-state index < -0.39 is 0 Å². The monoisotopic (exact) mass is 218 g/mol. The SMILES string of the molecule is CCC(C)N1CC(=O)Nc2cc(C)ccc21. The number of hydrogen-bond acceptors (Lipinski definition) is 2. The minimum absolute atomic E-state index is 0.0819. The Morgan fingerprint density at radius 2 is 2.25 bits per heavy atom. The van der Waals surface area contributed by atoms with Gasteiger partial charge in [-0.3, -0.25) is 4.79 Å². The molecule has 3 nitrogen and oxygen atoms in total. The topological polar surface area (TPSA) is 32.3 Å². The molecule has 0 radical (unpaired) electrons. The number of rotatable bonds is 2. The Balaban J connectivity index is 2.41. The maximum atomic E-state index is 11.6. The summed E-state index contributed by atoms with van der Waals surface area (Å²) in [5.74, 6) is 0.0819. The Kier molecular flexibility index (Phi) is 2.86. The van der Waals surface area contributed by atoms with Crippen LogP contribution >= 0.6 is 0 Å². The molecule has 86 valence electrons. The van der Waals surface area contributed by atoms with Gasteiger partial charge in [0.25, 0.3) is 0 Å². The minimum Gasteiger partial charge on any atom is -0.358 e. The number of nitrogens with zero attached hydrogens (tertiary/aromatic N) is 1. The van der Waals surface area contributed by atoms with Gasteiger partial charge < -0.3 is 10.2 Å². The summed E-state index contributed by atoms with van der Waals surface area (Å²) >= 11 is 0. The molecule has 1 aromatic carbocycles. The molecule has 0 aromatic heterocycles. The highest BCUT2D eigenvalue weighted by Gasteiger charge is 2.24. The van der Waals surface area contributed by atoms with Crippen LogP contribution in [0, 0.1) is 6.92 Å². The van der Waals surface area contributed by atoms with Gasteiger partial charge in [0.05, 0.1) is 17.9 Å². The van der Waals surface area contributed by atoms with Crippen molar-refractivity contribution < 1.29 is 4.79 Å². The standard InChI is InChI=1S/C13H18N2O/c1-4-10(3)15-8-13(16)14-11-7-9(2)5-6-12(11)15/h5-7,10H,4,8H2,1-3H3,(H,14,16). The second-order valence-electron chi connectivity index (χ2n) is 4.45. The maximum absolute atomic E-state index is 11.6. The van der Waals surface area contributed by atoms with E-state index in [0.29, 0.717) is 12.6 Å². The Bertz CT molecular complexity index is 414. The summed E-state index contributed by atoms with van der Waals surface area (Å²) in [7, 11) is 0. The summed E-state index contributed by atoms with van der Waals surface area (Å²) in [5.41, 5.74) is 3.25. The quantitative estimate of drug-likeness (QED) is 0.827. The van der Waals surface area contributed by atoms with Crippen molar-refractivity contribution in [2.75, 3.05) is 16.8 Å². The summed E-state index contributed by atoms with van der Waals surface area (Å²) in [6.07, 6.45) is 1.04. The lowest BCUT2D eigenvalue weighted by atomic mass is 10.1. The molecule has 16 heavy (non-hydrogen) atoms. The predicted octanol–water partition coefficient (Wildman–Crippen LogP) is 2.55. The zero-order chi connectivity index (χ0) is 11.7. The largest absolute Gasteiger partial charge is 0.358 e. The molecule has 3 heteroatoms. The van der Waals surface area contributed by atoms with Crippen LogP contribution < -0.4 is 10.2 Å². The number of carbonyl (C=O) groups excluding carboxylic acids is 1. The molecule has 0 saturated carbocycles. The van der Waals surface area contributed by atoms with Gasteiger partial charge in [-0.05, 0) is 38.0 Å². The molecule has 1 heterocycles. The fraction of sp³-hybridized carbons (Fsp3) is 0.462. The Morgan fingerprint density at radius 1 is 1.50 bits per heavy atom. The number of aryl methyl sites for hydroxylation is 1. The third-order valence-electron chi connectivity index (χ3n) is 3.17. The van der Waals surface area contributed by atoms with Gasteiger partial charge in [-0.1, -0.05) is 13.0 Å². The van der Waals surface area contributed by atoms with E-state index in [2.05, 4.69) is 36.2 Å². The molecule has 1 aliphatic rings. The van der Waals surface area contributed by atoms with Crippen LogP contribution in [0.4, 0.5) is 11.4 Å². The molecule has 2 rings (SSSR count). The summed E-state index contributed by atoms with van der Waals surface area (Å²) in [6.45, 7) is 6.80. The highest BCUT2D eigenvalue weighted by atomic mass is 16.2. The van der Waals surface area contributed by atoms with Crippen molar-refractivity contribution in [3.63, 3.8) is 0 Å². The third-order valence-corrected chi connectivity index (χ3v) is 3.17. The molecule has 1 aliphatic heterocycles. The second kappa shape index (κ2) is 4.16. The average molecular weight is 218 g/mol. The van der Waals surface area contributed by atoms with Gasteiger partial charge in [0.2, 0.25) is 5.91 Å². The lowest BCUT2D eigenvalue weighted by Crippen LogP contribution is -2.43. The first-order valence-corrected chi connectivity index (χ1v) is 5.79. The predicted molar refractivity (Wildman–Crippen MR) is 66.9 cm³/mol. The van der Waals surface area contributed by atoms with Crippen molar-refractivity contribution in [3.8, 4) is 0 Å². The highest BCUT2D eigenvalue weighted by molar-refractivity contribution is 6.01. The average Bonchev–Trinajstić information content (AvgIpc) is 2.26. The van der Waals surface area contributed by atoms with Gasteiger partial charge in [-0.2, -0.15) is 0 Å². The van der Waals surface area contributed by atoms with E-state index in [4.69, 9.17) is 0 Å². The van der Waals surface area contributed by atoms with E-state index in [-0.39, 0.29) is 5.91 Å². The van der Waals surface area contributed by atoms with Crippen LogP contribution in [-0.2, 0) is 4.79 Å². The third kappa shape index (κ3) is 1.90. The van der Waals surface area contributed by atoms with E-state index >= 15 is 0 Å². The van der Waals surface area contributed by atoms with E-state index in [1.54, 1.807) is 0 Å². The molecule has 1 aromatic rings. The molecule has 0 aliphatic carbocycles. The number of anilines is 2. The van der Waals surface area contributed by atoms with Gasteiger partial charge in [0.15, 0.2) is 0 Å². The number of nitrogens with one attached hydrogen (secondary N) is 1. The van der Waals surface area contributed by atoms with Crippen LogP contribution in [0.2, 0.25) is 0 Å². The molecule has 0 saturated heterocycles. The number of benzene rings is 1. The van der Waals surface area contributed by atoms with Crippen molar-refractivity contribution >= 4 is 17.3 Å². The van der Waals surface area contributed by atoms with Crippen molar-refractivity contribution in [1.82, 2.24) is 0 Å². The van der Waals surface area contributed by atoms with Gasteiger partial charge in [-0.15, -0.1) is 0 Å². The van der Waals surface area contributed by atoms with E-state index in [9.17, 15) is 4.79 Å². The first-order valence-electron chi connectivity index (χ1n) is 5.79. The smallest absolute Gasteiger partial charge is 0.243 e. The molecular weight excluding hydrogens is 200 g/mol. The summed E-state index contributed by atoms with van der Waals surface area (Å²) in [6, 6.07) is 6.61. The zero-order valence-electron chi connectivity index (χ0n) is 10.1. The van der Waals surface area contributed by atoms with Crippen LogP contribution in [0.25, 0.3) is 0 Å². The van der Waals surface area contributed by atoms with E-state index in [1.807, 2.05) is 13.0 Å². The van der Waals surface area contributed by atoms with E-state index in [1.165, 1.54) is 5.56 Å². The first-order chi connectivity index (χ1) is 7.61. The second-order valence-corrected chi connectivity index (χ2v) is 4.45. The Morgan fingerprint density at radius 3 is 2.94 bits per heavy atom. The number of hydrogen-bond donors (Lipinski definition) is 1. The van der Waals surface area contributed by atoms with Crippen molar-refractivity contribution in [2.45, 2.75) is 33.2 Å². The fourth-order valence-electron chi connectivity index (χ4n) is 2.04. The van der Waals surface area contributed by atoms with Crippen molar-refractivity contribution in [1.29, 1.82) is 0 Å². The molecule has 0 spiro atoms. The molecular formula is C13H18N2O. The highest BCUT2D eigenvalue weighted by Crippen LogP contribution is 2.32. The van der Waals surface area contributed by atoms with Crippen LogP contribution in [0.1, 0.15) is 25.8 Å². The lowest BCUT2D eigenvalue weighted by molar-refractivity contribution is -0.115. The normalized spacial score (nSPS) is 16.7. The molecule has 1 atom stereocenters. The van der Waals surface area contributed by atoms with Gasteiger partial charge in [0, 0.05) is 6.04 Å². The van der Waals surface area contributed by atoms with Crippen LogP contribution in [0.15, 0.2) is 18.2 Å². The zero-order valence-corrected chi connectivity index (χ0v) is 10.1. The van der Waals surface area contributed by atoms with Crippen LogP contribution in [-0.4, -0.2) is 18.5 Å². The molecule has 1 unspecified atom stereocenters. The summed E-state index contributed by atoms with van der Waals surface area (Å²) in [4.78, 5) is 13.8. The van der Waals surface area contributed by atoms with Crippen LogP contribution in [0.3, 0.4) is 0 Å². The Hall–Kier alpha value is -1.51. The van der Waals surface area contributed by atoms with E-state index in [0.717, 1.165) is 17.8 Å². The number of fused-ring (bicyclic) bond motifs is 1. The summed E-state index contributed by atoms with van der Waals surface area (Å²) < 4.78 is 0. The molecule has 1 N–H and O–H groups in total. The summed E-state index contributed by atoms with van der Waals surface area (Å²) in [5, 5.41) is 2.93. The lowest BCUT2D eigenvalue weighted by Gasteiger charge is -2.35. The molecule has 1 amide bonds. The van der Waals surface area contributed by atoms with Crippen molar-refractivity contribution in [2.24, 2.45) is 0 Å². The maximum Gasteiger partial charge on any atom is 0.243 e. The van der Waals surface area contributed by atoms with Crippen LogP contribution in [0.5, 0.6) is 0 Å². The molecule has 0 fully saturated rings. The Labute approximate surface area is 96.5 Å².